The SMILES string of the molecule is O=C(CCSc1nc2ccccc2s1)NCC1CCCC1O. The van der Waals surface area contributed by atoms with E-state index in [0.29, 0.717) is 13.0 Å². The van der Waals surface area contributed by atoms with Gasteiger partial charge in [0.2, 0.25) is 5.91 Å². The van der Waals surface area contributed by atoms with Gasteiger partial charge in [0.05, 0.1) is 16.3 Å². The van der Waals surface area contributed by atoms with Crippen LogP contribution in [-0.2, 0) is 4.79 Å². The molecule has 0 saturated heterocycles. The standard InChI is InChI=1S/C16H20N2O2S2/c19-13-6-3-4-11(13)10-17-15(20)8-9-21-16-18-12-5-1-2-7-14(12)22-16/h1-2,5,7,11,13,19H,3-4,6,8-10H2,(H,17,20). The fourth-order valence-corrected chi connectivity index (χ4v) is 4.81. The first kappa shape index (κ1) is 15.8. The average molecular weight is 336 g/mol. The molecule has 1 fully saturated rings. The maximum absolute atomic E-state index is 11.8. The quantitative estimate of drug-likeness (QED) is 0.796. The monoisotopic (exact) mass is 336 g/mol. The normalized spacial score (nSPS) is 21.3. The zero-order valence-corrected chi connectivity index (χ0v) is 14.0. The number of nitrogens with one attached hydrogen (secondary N) is 1. The molecule has 118 valence electrons. The molecule has 2 unspecified atom stereocenters. The van der Waals surface area contributed by atoms with E-state index in [2.05, 4.69) is 16.4 Å². The minimum atomic E-state index is -0.238. The minimum Gasteiger partial charge on any atom is -0.393 e. The highest BCUT2D eigenvalue weighted by Crippen LogP contribution is 2.29. The van der Waals surface area contributed by atoms with Crippen LogP contribution in [0, 0.1) is 5.92 Å². The molecular weight excluding hydrogens is 316 g/mol. The Kier molecular flexibility index (Phi) is 5.33. The van der Waals surface area contributed by atoms with Crippen molar-refractivity contribution in [2.75, 3.05) is 12.3 Å². The highest BCUT2D eigenvalue weighted by Gasteiger charge is 2.25. The van der Waals surface area contributed by atoms with Crippen LogP contribution in [0.3, 0.4) is 0 Å². The second-order valence-corrected chi connectivity index (χ2v) is 7.98. The van der Waals surface area contributed by atoms with E-state index in [-0.39, 0.29) is 17.9 Å². The van der Waals surface area contributed by atoms with Gasteiger partial charge in [0, 0.05) is 24.6 Å². The summed E-state index contributed by atoms with van der Waals surface area (Å²) >= 11 is 3.30. The second kappa shape index (κ2) is 7.44. The Morgan fingerprint density at radius 2 is 2.27 bits per heavy atom. The van der Waals surface area contributed by atoms with Gasteiger partial charge in [0.1, 0.15) is 0 Å². The number of rotatable bonds is 6. The van der Waals surface area contributed by atoms with Crippen LogP contribution in [0.25, 0.3) is 10.2 Å². The first-order chi connectivity index (χ1) is 10.7. The molecule has 1 aromatic heterocycles. The molecule has 2 atom stereocenters. The number of para-hydroxylation sites is 1. The van der Waals surface area contributed by atoms with Gasteiger partial charge in [-0.15, -0.1) is 11.3 Å². The van der Waals surface area contributed by atoms with Gasteiger partial charge in [0.15, 0.2) is 4.34 Å². The van der Waals surface area contributed by atoms with Gasteiger partial charge >= 0.3 is 0 Å². The smallest absolute Gasteiger partial charge is 0.220 e. The molecule has 1 amide bonds. The van der Waals surface area contributed by atoms with E-state index in [0.717, 1.165) is 34.9 Å². The van der Waals surface area contributed by atoms with Crippen molar-refractivity contribution in [2.24, 2.45) is 5.92 Å². The van der Waals surface area contributed by atoms with Gasteiger partial charge in [-0.3, -0.25) is 4.79 Å². The Morgan fingerprint density at radius 1 is 1.41 bits per heavy atom. The summed E-state index contributed by atoms with van der Waals surface area (Å²) in [6.45, 7) is 0.603. The lowest BCUT2D eigenvalue weighted by atomic mass is 10.1. The van der Waals surface area contributed by atoms with Crippen molar-refractivity contribution < 1.29 is 9.90 Å². The van der Waals surface area contributed by atoms with Crippen LogP contribution in [0.4, 0.5) is 0 Å². The molecule has 1 saturated carbocycles. The molecule has 1 aliphatic carbocycles. The van der Waals surface area contributed by atoms with E-state index >= 15 is 0 Å². The Labute approximate surface area is 138 Å². The molecule has 3 rings (SSSR count). The van der Waals surface area contributed by atoms with E-state index < -0.39 is 0 Å². The number of nitrogens with zero attached hydrogens (tertiary/aromatic N) is 1. The van der Waals surface area contributed by atoms with E-state index in [9.17, 15) is 9.90 Å². The minimum absolute atomic E-state index is 0.0627. The first-order valence-corrected chi connectivity index (χ1v) is 9.46. The summed E-state index contributed by atoms with van der Waals surface area (Å²) in [7, 11) is 0. The number of aromatic nitrogens is 1. The number of aliphatic hydroxyl groups excluding tert-OH is 1. The number of amides is 1. The van der Waals surface area contributed by atoms with Crippen molar-refractivity contribution in [3.63, 3.8) is 0 Å². The molecule has 22 heavy (non-hydrogen) atoms. The highest BCUT2D eigenvalue weighted by atomic mass is 32.2. The largest absolute Gasteiger partial charge is 0.393 e. The number of aliphatic hydroxyl groups is 1. The lowest BCUT2D eigenvalue weighted by Crippen LogP contribution is -2.32. The van der Waals surface area contributed by atoms with Gasteiger partial charge in [-0.05, 0) is 25.0 Å². The summed E-state index contributed by atoms with van der Waals surface area (Å²) in [6, 6.07) is 8.08. The van der Waals surface area contributed by atoms with Crippen LogP contribution in [0.5, 0.6) is 0 Å². The number of carbonyl (C=O) groups excluding carboxylic acids is 1. The predicted octanol–water partition coefficient (Wildman–Crippen LogP) is 3.06. The van der Waals surface area contributed by atoms with Crippen molar-refractivity contribution in [1.29, 1.82) is 0 Å². The summed E-state index contributed by atoms with van der Waals surface area (Å²) in [6.07, 6.45) is 3.20. The number of hydrogen-bond acceptors (Lipinski definition) is 5. The third-order valence-electron chi connectivity index (χ3n) is 4.01. The fraction of sp³-hybridized carbons (Fsp3) is 0.500. The second-order valence-electron chi connectivity index (χ2n) is 5.61. The zero-order valence-electron chi connectivity index (χ0n) is 12.3. The molecule has 4 nitrogen and oxygen atoms in total. The van der Waals surface area contributed by atoms with Crippen LogP contribution in [-0.4, -0.2) is 34.4 Å². The van der Waals surface area contributed by atoms with Crippen LogP contribution >= 0.6 is 23.1 Å². The number of carbonyl (C=O) groups is 1. The van der Waals surface area contributed by atoms with Gasteiger partial charge in [0.25, 0.3) is 0 Å². The highest BCUT2D eigenvalue weighted by molar-refractivity contribution is 8.01. The van der Waals surface area contributed by atoms with Gasteiger partial charge < -0.3 is 10.4 Å². The molecule has 0 bridgehead atoms. The van der Waals surface area contributed by atoms with Gasteiger partial charge in [-0.25, -0.2) is 4.98 Å². The zero-order chi connectivity index (χ0) is 15.4. The average Bonchev–Trinajstić information content (AvgIpc) is 3.10. The summed E-state index contributed by atoms with van der Waals surface area (Å²) in [5, 5.41) is 12.7. The number of thiazole rings is 1. The molecule has 0 radical (unpaired) electrons. The summed E-state index contributed by atoms with van der Waals surface area (Å²) in [4.78, 5) is 16.4. The fourth-order valence-electron chi connectivity index (χ4n) is 2.73. The van der Waals surface area contributed by atoms with Crippen molar-refractivity contribution in [3.8, 4) is 0 Å². The Bertz CT molecular complexity index is 611. The summed E-state index contributed by atoms with van der Waals surface area (Å²) in [5.74, 6) is 1.03. The van der Waals surface area contributed by atoms with Crippen molar-refractivity contribution in [1.82, 2.24) is 10.3 Å². The van der Waals surface area contributed by atoms with E-state index in [1.165, 1.54) is 4.70 Å². The lowest BCUT2D eigenvalue weighted by Gasteiger charge is -2.14. The number of fused-ring (bicyclic) bond motifs is 1. The third-order valence-corrected chi connectivity index (χ3v) is 6.19. The van der Waals surface area contributed by atoms with Gasteiger partial charge in [-0.1, -0.05) is 30.3 Å². The topological polar surface area (TPSA) is 62.2 Å². The molecule has 0 spiro atoms. The molecule has 6 heteroatoms. The van der Waals surface area contributed by atoms with E-state index in [4.69, 9.17) is 0 Å². The number of hydrogen-bond donors (Lipinski definition) is 2. The number of thioether (sulfide) groups is 1. The molecule has 1 aliphatic rings. The summed E-state index contributed by atoms with van der Waals surface area (Å²) in [5.41, 5.74) is 1.02. The van der Waals surface area contributed by atoms with Crippen molar-refractivity contribution >= 4 is 39.2 Å². The molecule has 2 aromatic rings. The molecule has 1 heterocycles. The Balaban J connectivity index is 1.39. The van der Waals surface area contributed by atoms with E-state index in [1.807, 2.05) is 18.2 Å². The lowest BCUT2D eigenvalue weighted by molar-refractivity contribution is -0.120. The van der Waals surface area contributed by atoms with Crippen LogP contribution < -0.4 is 5.32 Å². The maximum atomic E-state index is 11.8. The Hall–Kier alpha value is -1.11. The van der Waals surface area contributed by atoms with Gasteiger partial charge in [-0.2, -0.15) is 0 Å². The third kappa shape index (κ3) is 4.00. The van der Waals surface area contributed by atoms with Crippen LogP contribution in [0.1, 0.15) is 25.7 Å². The van der Waals surface area contributed by atoms with Crippen molar-refractivity contribution in [2.45, 2.75) is 36.1 Å². The Morgan fingerprint density at radius 3 is 3.05 bits per heavy atom. The molecule has 0 aliphatic heterocycles. The summed E-state index contributed by atoms with van der Waals surface area (Å²) < 4.78 is 2.20. The van der Waals surface area contributed by atoms with Crippen LogP contribution in [0.2, 0.25) is 0 Å². The molecule has 2 N–H and O–H groups in total. The van der Waals surface area contributed by atoms with Crippen LogP contribution in [0.15, 0.2) is 28.6 Å². The molecule has 1 aromatic carbocycles. The maximum Gasteiger partial charge on any atom is 0.220 e. The first-order valence-electron chi connectivity index (χ1n) is 7.65. The number of benzene rings is 1. The predicted molar refractivity (Wildman–Crippen MR) is 91.3 cm³/mol. The molecular formula is C16H20N2O2S2. The van der Waals surface area contributed by atoms with E-state index in [1.54, 1.807) is 23.1 Å². The van der Waals surface area contributed by atoms with Crippen molar-refractivity contribution in [3.05, 3.63) is 24.3 Å².